The number of aliphatic carboxylic acids is 1. The Morgan fingerprint density at radius 1 is 1.21 bits per heavy atom. The van der Waals surface area contributed by atoms with E-state index in [4.69, 9.17) is 21.4 Å². The van der Waals surface area contributed by atoms with Gasteiger partial charge in [-0.1, -0.05) is 29.8 Å². The first-order valence-electron chi connectivity index (χ1n) is 6.90. The lowest BCUT2D eigenvalue weighted by Crippen LogP contribution is -2.15. The summed E-state index contributed by atoms with van der Waals surface area (Å²) in [7, 11) is 1.24. The lowest BCUT2D eigenvalue weighted by atomic mass is 10.0. The highest BCUT2D eigenvalue weighted by Crippen LogP contribution is 2.39. The SMILES string of the molecule is COC(=O)c1c(-c2ccccc2Cl)csc1NC(=O)CCC(=O)O. The van der Waals surface area contributed by atoms with Crippen LogP contribution in [0.15, 0.2) is 29.6 Å². The maximum atomic E-state index is 12.1. The number of thiophene rings is 1. The van der Waals surface area contributed by atoms with Crippen molar-refractivity contribution in [1.82, 2.24) is 0 Å². The Kier molecular flexibility index (Phi) is 5.94. The third-order valence-electron chi connectivity index (χ3n) is 3.16. The van der Waals surface area contributed by atoms with Crippen LogP contribution < -0.4 is 5.32 Å². The molecular formula is C16H14ClNO5S. The van der Waals surface area contributed by atoms with Crippen LogP contribution in [0.25, 0.3) is 11.1 Å². The van der Waals surface area contributed by atoms with Crippen molar-refractivity contribution in [1.29, 1.82) is 0 Å². The molecule has 1 aromatic carbocycles. The van der Waals surface area contributed by atoms with E-state index < -0.39 is 17.8 Å². The number of esters is 1. The number of halogens is 1. The van der Waals surface area contributed by atoms with Crippen LogP contribution in [-0.4, -0.2) is 30.1 Å². The number of hydrogen-bond acceptors (Lipinski definition) is 5. The maximum absolute atomic E-state index is 12.1. The van der Waals surface area contributed by atoms with Crippen molar-refractivity contribution in [3.8, 4) is 11.1 Å². The highest BCUT2D eigenvalue weighted by Gasteiger charge is 2.23. The zero-order valence-electron chi connectivity index (χ0n) is 12.7. The van der Waals surface area contributed by atoms with Crippen molar-refractivity contribution in [3.63, 3.8) is 0 Å². The molecule has 0 saturated heterocycles. The predicted molar refractivity (Wildman–Crippen MR) is 91.6 cm³/mol. The van der Waals surface area contributed by atoms with Gasteiger partial charge in [-0.3, -0.25) is 9.59 Å². The number of anilines is 1. The minimum Gasteiger partial charge on any atom is -0.481 e. The lowest BCUT2D eigenvalue weighted by molar-refractivity contribution is -0.138. The second-order valence-corrected chi connectivity index (χ2v) is 6.05. The van der Waals surface area contributed by atoms with E-state index in [2.05, 4.69) is 5.32 Å². The first kappa shape index (κ1) is 18.0. The molecule has 0 spiro atoms. The second kappa shape index (κ2) is 7.94. The number of carbonyl (C=O) groups is 3. The molecular weight excluding hydrogens is 354 g/mol. The molecule has 0 atom stereocenters. The molecule has 126 valence electrons. The summed E-state index contributed by atoms with van der Waals surface area (Å²) in [5.74, 6) is -2.17. The molecule has 0 bridgehead atoms. The van der Waals surface area contributed by atoms with E-state index in [0.717, 1.165) is 11.3 Å². The van der Waals surface area contributed by atoms with Gasteiger partial charge >= 0.3 is 11.9 Å². The molecule has 2 N–H and O–H groups in total. The Hall–Kier alpha value is -2.38. The van der Waals surface area contributed by atoms with Gasteiger partial charge < -0.3 is 15.2 Å². The number of rotatable bonds is 6. The van der Waals surface area contributed by atoms with Crippen molar-refractivity contribution in [2.24, 2.45) is 0 Å². The summed E-state index contributed by atoms with van der Waals surface area (Å²) in [6.45, 7) is 0. The Morgan fingerprint density at radius 2 is 1.92 bits per heavy atom. The number of methoxy groups -OCH3 is 1. The molecule has 2 rings (SSSR count). The van der Waals surface area contributed by atoms with E-state index in [1.165, 1.54) is 7.11 Å². The molecule has 0 aliphatic rings. The van der Waals surface area contributed by atoms with E-state index in [1.54, 1.807) is 29.6 Å². The number of ether oxygens (including phenoxy) is 1. The summed E-state index contributed by atoms with van der Waals surface area (Å²) in [5.41, 5.74) is 1.38. The number of amides is 1. The third-order valence-corrected chi connectivity index (χ3v) is 4.39. The summed E-state index contributed by atoms with van der Waals surface area (Å²) < 4.78 is 4.80. The smallest absolute Gasteiger partial charge is 0.341 e. The van der Waals surface area contributed by atoms with Gasteiger partial charge in [-0.05, 0) is 6.07 Å². The zero-order valence-corrected chi connectivity index (χ0v) is 14.2. The van der Waals surface area contributed by atoms with Crippen molar-refractivity contribution in [2.45, 2.75) is 12.8 Å². The predicted octanol–water partition coefficient (Wildman–Crippen LogP) is 3.66. The van der Waals surface area contributed by atoms with Crippen molar-refractivity contribution >= 4 is 45.8 Å². The average molecular weight is 368 g/mol. The molecule has 8 heteroatoms. The third kappa shape index (κ3) is 4.12. The number of carboxylic acid groups (broad SMARTS) is 1. The minimum atomic E-state index is -1.07. The molecule has 24 heavy (non-hydrogen) atoms. The molecule has 0 saturated carbocycles. The molecule has 0 aliphatic carbocycles. The summed E-state index contributed by atoms with van der Waals surface area (Å²) in [6.07, 6.45) is -0.475. The highest BCUT2D eigenvalue weighted by atomic mass is 35.5. The molecule has 0 fully saturated rings. The number of carbonyl (C=O) groups excluding carboxylic acids is 2. The molecule has 1 amide bonds. The standard InChI is InChI=1S/C16H14ClNO5S/c1-23-16(22)14-10(9-4-2-3-5-11(9)17)8-24-15(14)18-12(19)6-7-13(20)21/h2-5,8H,6-7H2,1H3,(H,18,19)(H,20,21). The van der Waals surface area contributed by atoms with Gasteiger partial charge in [0.15, 0.2) is 0 Å². The van der Waals surface area contributed by atoms with Crippen LogP contribution in [0, 0.1) is 0 Å². The van der Waals surface area contributed by atoms with Crippen molar-refractivity contribution in [2.75, 3.05) is 12.4 Å². The van der Waals surface area contributed by atoms with Crippen molar-refractivity contribution in [3.05, 3.63) is 40.2 Å². The molecule has 6 nitrogen and oxygen atoms in total. The van der Waals surface area contributed by atoms with Gasteiger partial charge in [0.1, 0.15) is 10.6 Å². The summed E-state index contributed by atoms with van der Waals surface area (Å²) in [5, 5.41) is 13.6. The highest BCUT2D eigenvalue weighted by molar-refractivity contribution is 7.15. The Balaban J connectivity index is 2.36. The monoisotopic (exact) mass is 367 g/mol. The van der Waals surface area contributed by atoms with Crippen LogP contribution in [0.4, 0.5) is 5.00 Å². The Bertz CT molecular complexity index is 787. The van der Waals surface area contributed by atoms with E-state index in [-0.39, 0.29) is 18.4 Å². The Labute approximate surface area is 147 Å². The average Bonchev–Trinajstić information content (AvgIpc) is 2.96. The number of carboxylic acids is 1. The van der Waals surface area contributed by atoms with E-state index in [0.29, 0.717) is 21.2 Å². The van der Waals surface area contributed by atoms with Crippen LogP contribution in [0.5, 0.6) is 0 Å². The fraction of sp³-hybridized carbons (Fsp3) is 0.188. The van der Waals surface area contributed by atoms with Crippen molar-refractivity contribution < 1.29 is 24.2 Å². The summed E-state index contributed by atoms with van der Waals surface area (Å²) in [4.78, 5) is 34.5. The van der Waals surface area contributed by atoms with E-state index in [9.17, 15) is 14.4 Å². The molecule has 0 radical (unpaired) electrons. The van der Waals surface area contributed by atoms with Gasteiger partial charge in [0.2, 0.25) is 5.91 Å². The lowest BCUT2D eigenvalue weighted by Gasteiger charge is -2.08. The largest absolute Gasteiger partial charge is 0.481 e. The van der Waals surface area contributed by atoms with Gasteiger partial charge in [-0.2, -0.15) is 0 Å². The van der Waals surface area contributed by atoms with Gasteiger partial charge in [-0.15, -0.1) is 11.3 Å². The number of benzene rings is 1. The van der Waals surface area contributed by atoms with Crippen LogP contribution in [-0.2, 0) is 14.3 Å². The molecule has 0 aliphatic heterocycles. The molecule has 2 aromatic rings. The minimum absolute atomic E-state index is 0.185. The molecule has 0 unspecified atom stereocenters. The summed E-state index contributed by atoms with van der Waals surface area (Å²) >= 11 is 7.33. The number of nitrogens with one attached hydrogen (secondary N) is 1. The topological polar surface area (TPSA) is 92.7 Å². The second-order valence-electron chi connectivity index (χ2n) is 4.77. The van der Waals surface area contributed by atoms with Crippen LogP contribution in [0.1, 0.15) is 23.2 Å². The van der Waals surface area contributed by atoms with Crippen LogP contribution in [0.3, 0.4) is 0 Å². The van der Waals surface area contributed by atoms with Gasteiger partial charge in [-0.25, -0.2) is 4.79 Å². The fourth-order valence-electron chi connectivity index (χ4n) is 2.04. The van der Waals surface area contributed by atoms with Gasteiger partial charge in [0.05, 0.1) is 13.5 Å². The van der Waals surface area contributed by atoms with Crippen LogP contribution in [0.2, 0.25) is 5.02 Å². The fourth-order valence-corrected chi connectivity index (χ4v) is 3.24. The summed E-state index contributed by atoms with van der Waals surface area (Å²) in [6, 6.07) is 7.00. The molecule has 1 heterocycles. The maximum Gasteiger partial charge on any atom is 0.341 e. The number of hydrogen-bond donors (Lipinski definition) is 2. The van der Waals surface area contributed by atoms with E-state index in [1.807, 2.05) is 0 Å². The molecule has 1 aromatic heterocycles. The zero-order chi connectivity index (χ0) is 17.7. The van der Waals surface area contributed by atoms with Gasteiger partial charge in [0.25, 0.3) is 0 Å². The van der Waals surface area contributed by atoms with Crippen LogP contribution >= 0.6 is 22.9 Å². The normalized spacial score (nSPS) is 10.2. The van der Waals surface area contributed by atoms with E-state index >= 15 is 0 Å². The first-order valence-corrected chi connectivity index (χ1v) is 8.16. The Morgan fingerprint density at radius 3 is 2.54 bits per heavy atom. The van der Waals surface area contributed by atoms with Gasteiger partial charge in [0, 0.05) is 28.0 Å². The quantitative estimate of drug-likeness (QED) is 0.760. The first-order chi connectivity index (χ1) is 11.4.